The molecule has 1 N–H and O–H groups in total. The van der Waals surface area contributed by atoms with Gasteiger partial charge in [-0.2, -0.15) is 0 Å². The monoisotopic (exact) mass is 278 g/mol. The summed E-state index contributed by atoms with van der Waals surface area (Å²) >= 11 is 5.67. The highest BCUT2D eigenvalue weighted by Gasteiger charge is 2.02. The number of alkyl halides is 1. The number of anilines is 1. The molecule has 1 aromatic rings. The fourth-order valence-corrected chi connectivity index (χ4v) is 1.25. The van der Waals surface area contributed by atoms with Crippen molar-refractivity contribution in [2.45, 2.75) is 13.8 Å². The number of hydrogen-bond acceptors (Lipinski definition) is 3. The molecule has 1 rings (SSSR count). The lowest BCUT2D eigenvalue weighted by Gasteiger charge is -2.06. The van der Waals surface area contributed by atoms with Gasteiger partial charge in [0.15, 0.2) is 5.78 Å². The van der Waals surface area contributed by atoms with E-state index in [1.807, 2.05) is 0 Å². The third-order valence-electron chi connectivity index (χ3n) is 2.08. The molecule has 0 unspecified atom stereocenters. The molecule has 0 fully saturated rings. The molecule has 0 saturated carbocycles. The fourth-order valence-electron chi connectivity index (χ4n) is 1.19. The lowest BCUT2D eigenvalue weighted by Crippen LogP contribution is -2.12. The third kappa shape index (κ3) is 5.01. The van der Waals surface area contributed by atoms with E-state index in [-0.39, 0.29) is 5.78 Å². The van der Waals surface area contributed by atoms with Crippen molar-refractivity contribution in [3.05, 3.63) is 36.8 Å². The third-order valence-corrected chi connectivity index (χ3v) is 2.47. The first-order chi connectivity index (χ1) is 9.06. The highest BCUT2D eigenvalue weighted by Crippen LogP contribution is 2.07. The Bertz CT molecular complexity index is 520. The maximum atomic E-state index is 11.1. The van der Waals surface area contributed by atoms with Crippen molar-refractivity contribution in [2.75, 3.05) is 11.2 Å². The number of aromatic nitrogens is 1. The summed E-state index contributed by atoms with van der Waals surface area (Å²) in [6.45, 7) is 6.78. The van der Waals surface area contributed by atoms with Gasteiger partial charge in [0.05, 0.1) is 17.8 Å². The number of nitrogens with zero attached hydrogens (tertiary/aromatic N) is 3. The SMILES string of the molecule is C=CN=C(N=C(C)CCl)Nc1ccc(C(C)=O)nc1. The van der Waals surface area contributed by atoms with E-state index in [2.05, 4.69) is 26.9 Å². The molecule has 0 amide bonds. The summed E-state index contributed by atoms with van der Waals surface area (Å²) in [6, 6.07) is 3.36. The summed E-state index contributed by atoms with van der Waals surface area (Å²) in [4.78, 5) is 23.3. The molecule has 0 aromatic carbocycles. The Labute approximate surface area is 117 Å². The van der Waals surface area contributed by atoms with Crippen LogP contribution in [0.2, 0.25) is 0 Å². The van der Waals surface area contributed by atoms with Gasteiger partial charge in [0, 0.05) is 18.8 Å². The molecular weight excluding hydrogens is 264 g/mol. The van der Waals surface area contributed by atoms with Gasteiger partial charge in [-0.25, -0.2) is 9.98 Å². The van der Waals surface area contributed by atoms with Crippen molar-refractivity contribution in [1.82, 2.24) is 4.98 Å². The number of hydrogen-bond donors (Lipinski definition) is 1. The van der Waals surface area contributed by atoms with Gasteiger partial charge in [0.1, 0.15) is 5.69 Å². The second-order valence-corrected chi connectivity index (χ2v) is 4.00. The van der Waals surface area contributed by atoms with Crippen molar-refractivity contribution in [3.8, 4) is 0 Å². The zero-order chi connectivity index (χ0) is 14.3. The van der Waals surface area contributed by atoms with Crippen LogP contribution >= 0.6 is 11.6 Å². The highest BCUT2D eigenvalue weighted by atomic mass is 35.5. The van der Waals surface area contributed by atoms with Crippen molar-refractivity contribution < 1.29 is 4.79 Å². The van der Waals surface area contributed by atoms with Gasteiger partial charge in [0.25, 0.3) is 0 Å². The first kappa shape index (κ1) is 15.0. The van der Waals surface area contributed by atoms with Crippen LogP contribution in [0.4, 0.5) is 5.69 Å². The number of carbonyl (C=O) groups is 1. The summed E-state index contributed by atoms with van der Waals surface area (Å²) in [5, 5.41) is 2.97. The van der Waals surface area contributed by atoms with Gasteiger partial charge in [-0.3, -0.25) is 9.78 Å². The van der Waals surface area contributed by atoms with E-state index in [4.69, 9.17) is 11.6 Å². The predicted molar refractivity (Wildman–Crippen MR) is 79.3 cm³/mol. The van der Waals surface area contributed by atoms with Crippen LogP contribution in [0.3, 0.4) is 0 Å². The smallest absolute Gasteiger partial charge is 0.227 e. The number of ketones is 1. The number of pyridine rings is 1. The molecule has 0 aliphatic heterocycles. The molecule has 0 spiro atoms. The first-order valence-corrected chi connectivity index (χ1v) is 6.13. The summed E-state index contributed by atoms with van der Waals surface area (Å²) < 4.78 is 0. The minimum Gasteiger partial charge on any atom is -0.323 e. The van der Waals surface area contributed by atoms with Crippen LogP contribution in [0.25, 0.3) is 0 Å². The standard InChI is InChI=1S/C13H15ClN4O/c1-4-15-13(17-9(2)7-14)18-11-5-6-12(10(3)19)16-8-11/h4-6,8H,1,7H2,2-3H3,(H,15,18). The molecule has 5 nitrogen and oxygen atoms in total. The number of aliphatic imine (C=N–C) groups is 2. The number of guanidine groups is 1. The van der Waals surface area contributed by atoms with E-state index in [1.165, 1.54) is 13.1 Å². The topological polar surface area (TPSA) is 66.7 Å². The Morgan fingerprint density at radius 1 is 1.53 bits per heavy atom. The van der Waals surface area contributed by atoms with E-state index >= 15 is 0 Å². The zero-order valence-corrected chi connectivity index (χ0v) is 11.6. The van der Waals surface area contributed by atoms with Gasteiger partial charge >= 0.3 is 0 Å². The van der Waals surface area contributed by atoms with Crippen LogP contribution in [0.15, 0.2) is 41.1 Å². The lowest BCUT2D eigenvalue weighted by molar-refractivity contribution is 0.101. The minimum absolute atomic E-state index is 0.0810. The molecule has 0 atom stereocenters. The van der Waals surface area contributed by atoms with E-state index in [0.29, 0.717) is 23.2 Å². The number of nitrogens with one attached hydrogen (secondary N) is 1. The van der Waals surface area contributed by atoms with Gasteiger partial charge in [0.2, 0.25) is 5.96 Å². The largest absolute Gasteiger partial charge is 0.323 e. The molecule has 6 heteroatoms. The molecule has 19 heavy (non-hydrogen) atoms. The maximum Gasteiger partial charge on any atom is 0.227 e. The Morgan fingerprint density at radius 2 is 2.26 bits per heavy atom. The van der Waals surface area contributed by atoms with Gasteiger partial charge in [-0.05, 0) is 19.1 Å². The maximum absolute atomic E-state index is 11.1. The van der Waals surface area contributed by atoms with Crippen LogP contribution in [0.5, 0.6) is 0 Å². The fraction of sp³-hybridized carbons (Fsp3) is 0.231. The van der Waals surface area contributed by atoms with Crippen molar-refractivity contribution in [3.63, 3.8) is 0 Å². The van der Waals surface area contributed by atoms with Gasteiger partial charge < -0.3 is 5.32 Å². The second-order valence-electron chi connectivity index (χ2n) is 3.73. The number of rotatable bonds is 4. The second kappa shape index (κ2) is 7.43. The summed E-state index contributed by atoms with van der Waals surface area (Å²) in [5.74, 6) is 0.604. The van der Waals surface area contributed by atoms with E-state index in [0.717, 1.165) is 5.71 Å². The van der Waals surface area contributed by atoms with Crippen LogP contribution < -0.4 is 5.32 Å². The molecule has 1 heterocycles. The first-order valence-electron chi connectivity index (χ1n) is 5.59. The minimum atomic E-state index is -0.0810. The molecule has 100 valence electrons. The van der Waals surface area contributed by atoms with Crippen LogP contribution in [-0.4, -0.2) is 28.3 Å². The summed E-state index contributed by atoms with van der Waals surface area (Å²) in [7, 11) is 0. The van der Waals surface area contributed by atoms with Crippen molar-refractivity contribution in [1.29, 1.82) is 0 Å². The van der Waals surface area contributed by atoms with E-state index in [1.54, 1.807) is 25.3 Å². The van der Waals surface area contributed by atoms with Crippen molar-refractivity contribution >= 4 is 34.7 Å². The Kier molecular flexibility index (Phi) is 5.89. The lowest BCUT2D eigenvalue weighted by atomic mass is 10.2. The molecule has 1 aromatic heterocycles. The molecule has 0 radical (unpaired) electrons. The zero-order valence-electron chi connectivity index (χ0n) is 10.9. The van der Waals surface area contributed by atoms with E-state index in [9.17, 15) is 4.79 Å². The average molecular weight is 279 g/mol. The van der Waals surface area contributed by atoms with E-state index < -0.39 is 0 Å². The summed E-state index contributed by atoms with van der Waals surface area (Å²) in [5.41, 5.74) is 1.81. The van der Waals surface area contributed by atoms with Crippen LogP contribution in [0.1, 0.15) is 24.3 Å². The predicted octanol–water partition coefficient (Wildman–Crippen LogP) is 2.90. The number of Topliss-reactive ketones (excluding diaryl/α,β-unsaturated/α-hetero) is 1. The van der Waals surface area contributed by atoms with Crippen LogP contribution in [-0.2, 0) is 0 Å². The number of carbonyl (C=O) groups excluding carboxylic acids is 1. The summed E-state index contributed by atoms with van der Waals surface area (Å²) in [6.07, 6.45) is 2.92. The number of halogens is 1. The van der Waals surface area contributed by atoms with Gasteiger partial charge in [-0.1, -0.05) is 6.58 Å². The average Bonchev–Trinajstić information content (AvgIpc) is 2.39. The van der Waals surface area contributed by atoms with Crippen LogP contribution in [0, 0.1) is 0 Å². The molecule has 0 bridgehead atoms. The Hall–Kier alpha value is -2.01. The molecule has 0 saturated heterocycles. The highest BCUT2D eigenvalue weighted by molar-refractivity contribution is 6.29. The Balaban J connectivity index is 2.88. The molecule has 0 aliphatic rings. The van der Waals surface area contributed by atoms with Crippen molar-refractivity contribution in [2.24, 2.45) is 9.98 Å². The normalized spacial score (nSPS) is 12.2. The molecule has 0 aliphatic carbocycles. The van der Waals surface area contributed by atoms with Gasteiger partial charge in [-0.15, -0.1) is 11.6 Å². The Morgan fingerprint density at radius 3 is 2.74 bits per heavy atom. The molecular formula is C13H15ClN4O. The quantitative estimate of drug-likeness (QED) is 0.398.